The van der Waals surface area contributed by atoms with E-state index in [0.717, 1.165) is 30.8 Å². The highest BCUT2D eigenvalue weighted by Crippen LogP contribution is 2.30. The van der Waals surface area contributed by atoms with E-state index >= 15 is 0 Å². The fraction of sp³-hybridized carbons (Fsp3) is 0.455. The van der Waals surface area contributed by atoms with Crippen LogP contribution >= 0.6 is 0 Å². The van der Waals surface area contributed by atoms with Crippen molar-refractivity contribution in [3.8, 4) is 5.75 Å². The molecule has 0 saturated carbocycles. The number of hydrogen-bond donors (Lipinski definition) is 2. The highest BCUT2D eigenvalue weighted by Gasteiger charge is 2.15. The number of methoxy groups -OCH3 is 1. The normalized spacial score (nSPS) is 20.6. The van der Waals surface area contributed by atoms with Gasteiger partial charge in [0.2, 0.25) is 0 Å². The largest absolute Gasteiger partial charge is 0.495 e. The predicted molar refractivity (Wildman–Crippen MR) is 57.8 cm³/mol. The molecule has 1 unspecified atom stereocenters. The van der Waals surface area contributed by atoms with Crippen LogP contribution < -0.4 is 15.8 Å². The first-order valence-electron chi connectivity index (χ1n) is 4.96. The molecule has 1 aromatic rings. The van der Waals surface area contributed by atoms with Crippen molar-refractivity contribution in [2.45, 2.75) is 18.9 Å². The van der Waals surface area contributed by atoms with E-state index in [9.17, 15) is 0 Å². The molecule has 2 rings (SSSR count). The molecule has 3 N–H and O–H groups in total. The quantitative estimate of drug-likeness (QED) is 0.706. The van der Waals surface area contributed by atoms with Crippen LogP contribution in [0.25, 0.3) is 0 Å². The van der Waals surface area contributed by atoms with E-state index in [0.29, 0.717) is 0 Å². The summed E-state index contributed by atoms with van der Waals surface area (Å²) in [5.74, 6) is 0.914. The Kier molecular flexibility index (Phi) is 2.59. The molecule has 0 radical (unpaired) electrons. The zero-order valence-corrected chi connectivity index (χ0v) is 8.42. The van der Waals surface area contributed by atoms with Crippen molar-refractivity contribution < 1.29 is 4.74 Å². The molecule has 0 amide bonds. The van der Waals surface area contributed by atoms with Crippen LogP contribution in [0.15, 0.2) is 18.2 Å². The number of ether oxygens (including phenoxy) is 1. The standard InChI is InChI=1S/C11H16N2O/c1-14-10-4-2-3-8-7-9(12)5-6-13-11(8)10/h2-4,9,13H,5-7,12H2,1H3. The molecule has 0 aromatic heterocycles. The van der Waals surface area contributed by atoms with Crippen molar-refractivity contribution in [1.82, 2.24) is 0 Å². The molecule has 0 bridgehead atoms. The fourth-order valence-corrected chi connectivity index (χ4v) is 1.88. The Morgan fingerprint density at radius 2 is 2.36 bits per heavy atom. The summed E-state index contributed by atoms with van der Waals surface area (Å²) in [7, 11) is 1.70. The number of nitrogens with two attached hydrogens (primary N) is 1. The minimum absolute atomic E-state index is 0.260. The van der Waals surface area contributed by atoms with Crippen molar-refractivity contribution in [3.05, 3.63) is 23.8 Å². The van der Waals surface area contributed by atoms with E-state index in [1.807, 2.05) is 12.1 Å². The number of hydrogen-bond acceptors (Lipinski definition) is 3. The maximum Gasteiger partial charge on any atom is 0.142 e. The summed E-state index contributed by atoms with van der Waals surface area (Å²) in [5, 5.41) is 3.37. The second-order valence-electron chi connectivity index (χ2n) is 3.67. The third-order valence-corrected chi connectivity index (χ3v) is 2.63. The van der Waals surface area contributed by atoms with E-state index in [1.54, 1.807) is 7.11 Å². The summed E-state index contributed by atoms with van der Waals surface area (Å²) >= 11 is 0. The van der Waals surface area contributed by atoms with E-state index in [-0.39, 0.29) is 6.04 Å². The van der Waals surface area contributed by atoms with Gasteiger partial charge in [-0.1, -0.05) is 12.1 Å². The van der Waals surface area contributed by atoms with E-state index in [2.05, 4.69) is 11.4 Å². The maximum absolute atomic E-state index is 5.96. The number of nitrogens with one attached hydrogen (secondary N) is 1. The smallest absolute Gasteiger partial charge is 0.142 e. The Labute approximate surface area is 84.3 Å². The lowest BCUT2D eigenvalue weighted by Crippen LogP contribution is -2.22. The minimum atomic E-state index is 0.260. The third kappa shape index (κ3) is 1.68. The summed E-state index contributed by atoms with van der Waals surface area (Å²) in [6.07, 6.45) is 1.94. The number of benzene rings is 1. The van der Waals surface area contributed by atoms with E-state index in [4.69, 9.17) is 10.5 Å². The van der Waals surface area contributed by atoms with Crippen molar-refractivity contribution >= 4 is 5.69 Å². The van der Waals surface area contributed by atoms with Gasteiger partial charge < -0.3 is 15.8 Å². The van der Waals surface area contributed by atoms with Crippen LogP contribution in [0.4, 0.5) is 5.69 Å². The highest BCUT2D eigenvalue weighted by molar-refractivity contribution is 5.62. The Bertz CT molecular complexity index is 325. The van der Waals surface area contributed by atoms with Gasteiger partial charge in [0, 0.05) is 12.6 Å². The molecule has 1 aliphatic rings. The maximum atomic E-state index is 5.96. The molecule has 1 aromatic carbocycles. The highest BCUT2D eigenvalue weighted by atomic mass is 16.5. The average molecular weight is 192 g/mol. The summed E-state index contributed by atoms with van der Waals surface area (Å²) < 4.78 is 5.30. The second kappa shape index (κ2) is 3.88. The van der Waals surface area contributed by atoms with Crippen LogP contribution in [0, 0.1) is 0 Å². The van der Waals surface area contributed by atoms with Gasteiger partial charge >= 0.3 is 0 Å². The van der Waals surface area contributed by atoms with Crippen molar-refractivity contribution in [2.24, 2.45) is 5.73 Å². The second-order valence-corrected chi connectivity index (χ2v) is 3.67. The molecule has 1 aliphatic heterocycles. The van der Waals surface area contributed by atoms with Crippen LogP contribution in [0.2, 0.25) is 0 Å². The van der Waals surface area contributed by atoms with Crippen LogP contribution in [-0.2, 0) is 6.42 Å². The van der Waals surface area contributed by atoms with Crippen LogP contribution in [0.1, 0.15) is 12.0 Å². The van der Waals surface area contributed by atoms with E-state index < -0.39 is 0 Å². The molecule has 14 heavy (non-hydrogen) atoms. The van der Waals surface area contributed by atoms with Gasteiger partial charge in [-0.2, -0.15) is 0 Å². The molecule has 0 fully saturated rings. The molecule has 3 heteroatoms. The van der Waals surface area contributed by atoms with Crippen LogP contribution in [0.3, 0.4) is 0 Å². The molecule has 76 valence electrons. The number of anilines is 1. The Balaban J connectivity index is 2.38. The summed E-state index contributed by atoms with van der Waals surface area (Å²) in [5.41, 5.74) is 8.33. The van der Waals surface area contributed by atoms with Gasteiger partial charge in [0.1, 0.15) is 5.75 Å². The molecule has 3 nitrogen and oxygen atoms in total. The van der Waals surface area contributed by atoms with Crippen molar-refractivity contribution in [2.75, 3.05) is 19.0 Å². The van der Waals surface area contributed by atoms with E-state index in [1.165, 1.54) is 5.56 Å². The van der Waals surface area contributed by atoms with Gasteiger partial charge in [-0.25, -0.2) is 0 Å². The summed E-state index contributed by atoms with van der Waals surface area (Å²) in [6.45, 7) is 0.925. The lowest BCUT2D eigenvalue weighted by Gasteiger charge is -2.12. The SMILES string of the molecule is COc1cccc2c1NCCC(N)C2. The third-order valence-electron chi connectivity index (χ3n) is 2.63. The molecule has 1 heterocycles. The van der Waals surface area contributed by atoms with Gasteiger partial charge in [0.15, 0.2) is 0 Å². The first-order valence-corrected chi connectivity index (χ1v) is 4.96. The van der Waals surface area contributed by atoms with Crippen LogP contribution in [0.5, 0.6) is 5.75 Å². The Morgan fingerprint density at radius 3 is 3.14 bits per heavy atom. The molecule has 0 spiro atoms. The van der Waals surface area contributed by atoms with Gasteiger partial charge in [0.25, 0.3) is 0 Å². The summed E-state index contributed by atoms with van der Waals surface area (Å²) in [6, 6.07) is 6.35. The van der Waals surface area contributed by atoms with Gasteiger partial charge in [-0.05, 0) is 24.5 Å². The topological polar surface area (TPSA) is 47.3 Å². The van der Waals surface area contributed by atoms with Crippen LogP contribution in [-0.4, -0.2) is 19.7 Å². The monoisotopic (exact) mass is 192 g/mol. The predicted octanol–water partition coefficient (Wildman–Crippen LogP) is 1.38. The first kappa shape index (κ1) is 9.34. The molecule has 1 atom stereocenters. The zero-order chi connectivity index (χ0) is 9.97. The number of para-hydroxylation sites is 1. The Hall–Kier alpha value is -1.22. The number of fused-ring (bicyclic) bond motifs is 1. The fourth-order valence-electron chi connectivity index (χ4n) is 1.88. The minimum Gasteiger partial charge on any atom is -0.495 e. The summed E-state index contributed by atoms with van der Waals surface area (Å²) in [4.78, 5) is 0. The van der Waals surface area contributed by atoms with Crippen molar-refractivity contribution in [1.29, 1.82) is 0 Å². The van der Waals surface area contributed by atoms with Gasteiger partial charge in [0.05, 0.1) is 12.8 Å². The average Bonchev–Trinajstić information content (AvgIpc) is 2.37. The Morgan fingerprint density at radius 1 is 1.50 bits per heavy atom. The molecular weight excluding hydrogens is 176 g/mol. The first-order chi connectivity index (χ1) is 6.81. The lowest BCUT2D eigenvalue weighted by atomic mass is 10.0. The molecule has 0 aliphatic carbocycles. The zero-order valence-electron chi connectivity index (χ0n) is 8.42. The van der Waals surface area contributed by atoms with Gasteiger partial charge in [-0.3, -0.25) is 0 Å². The van der Waals surface area contributed by atoms with Gasteiger partial charge in [-0.15, -0.1) is 0 Å². The lowest BCUT2D eigenvalue weighted by molar-refractivity contribution is 0.416. The number of rotatable bonds is 1. The van der Waals surface area contributed by atoms with Crippen molar-refractivity contribution in [3.63, 3.8) is 0 Å². The molecule has 0 saturated heterocycles. The molecular formula is C11H16N2O.